The van der Waals surface area contributed by atoms with Gasteiger partial charge in [-0.1, -0.05) is 30.3 Å². The number of nitrogens with one attached hydrogen (secondary N) is 2. The molecule has 0 fully saturated rings. The molecule has 3 aromatic carbocycles. The van der Waals surface area contributed by atoms with Crippen molar-refractivity contribution in [2.75, 3.05) is 28.5 Å². The van der Waals surface area contributed by atoms with Gasteiger partial charge in [0.15, 0.2) is 0 Å². The van der Waals surface area contributed by atoms with E-state index in [1.54, 1.807) is 54.6 Å². The van der Waals surface area contributed by atoms with Gasteiger partial charge in [-0.3, -0.25) is 9.52 Å². The van der Waals surface area contributed by atoms with Crippen molar-refractivity contribution in [1.29, 1.82) is 0 Å². The van der Waals surface area contributed by atoms with Crippen molar-refractivity contribution in [3.63, 3.8) is 0 Å². The van der Waals surface area contributed by atoms with Crippen LogP contribution in [0.25, 0.3) is 0 Å². The molecule has 6 nitrogen and oxygen atoms in total. The first-order valence-corrected chi connectivity index (χ1v) is 10.7. The summed E-state index contributed by atoms with van der Waals surface area (Å²) >= 11 is 0. The predicted molar refractivity (Wildman–Crippen MR) is 117 cm³/mol. The zero-order valence-corrected chi connectivity index (χ0v) is 17.1. The molecule has 0 saturated carbocycles. The summed E-state index contributed by atoms with van der Waals surface area (Å²) in [7, 11) is -1.78. The molecule has 29 heavy (non-hydrogen) atoms. The Hall–Kier alpha value is -3.32. The van der Waals surface area contributed by atoms with Crippen molar-refractivity contribution in [3.8, 4) is 0 Å². The van der Waals surface area contributed by atoms with Crippen LogP contribution in [0.4, 0.5) is 17.1 Å². The van der Waals surface area contributed by atoms with Gasteiger partial charge in [-0.2, -0.15) is 0 Å². The van der Waals surface area contributed by atoms with Gasteiger partial charge in [-0.15, -0.1) is 0 Å². The Morgan fingerprint density at radius 2 is 1.45 bits per heavy atom. The third-order valence-electron chi connectivity index (χ3n) is 4.52. The Labute approximate surface area is 171 Å². The lowest BCUT2D eigenvalue weighted by Gasteiger charge is -2.17. The first-order chi connectivity index (χ1) is 13.9. The molecule has 0 unspecified atom stereocenters. The lowest BCUT2D eigenvalue weighted by molar-refractivity contribution is 0.102. The Balaban J connectivity index is 1.80. The molecule has 0 aliphatic carbocycles. The average Bonchev–Trinajstić information content (AvgIpc) is 2.75. The molecule has 0 saturated heterocycles. The van der Waals surface area contributed by atoms with Crippen LogP contribution in [-0.2, 0) is 10.0 Å². The Morgan fingerprint density at radius 3 is 2.07 bits per heavy atom. The van der Waals surface area contributed by atoms with Gasteiger partial charge in [0.1, 0.15) is 0 Å². The molecule has 2 N–H and O–H groups in total. The molecule has 0 aromatic heterocycles. The van der Waals surface area contributed by atoms with Gasteiger partial charge in [-0.25, -0.2) is 8.42 Å². The summed E-state index contributed by atoms with van der Waals surface area (Å²) in [6.07, 6.45) is 0. The second-order valence-electron chi connectivity index (χ2n) is 6.48. The Morgan fingerprint density at radius 1 is 0.862 bits per heavy atom. The second-order valence-corrected chi connectivity index (χ2v) is 8.16. The molecule has 7 heteroatoms. The SMILES string of the molecule is CCN(C)c1ccc(C(=O)Nc2ccccc2NS(=O)(=O)c2ccccc2)cc1. The highest BCUT2D eigenvalue weighted by molar-refractivity contribution is 7.92. The summed E-state index contributed by atoms with van der Waals surface area (Å²) in [6.45, 7) is 2.91. The van der Waals surface area contributed by atoms with Gasteiger partial charge in [0.2, 0.25) is 0 Å². The largest absolute Gasteiger partial charge is 0.375 e. The van der Waals surface area contributed by atoms with E-state index in [1.165, 1.54) is 12.1 Å². The molecule has 0 heterocycles. The van der Waals surface area contributed by atoms with Crippen molar-refractivity contribution in [3.05, 3.63) is 84.4 Å². The minimum atomic E-state index is -3.76. The van der Waals surface area contributed by atoms with Crippen LogP contribution >= 0.6 is 0 Å². The number of para-hydroxylation sites is 2. The molecule has 0 aliphatic rings. The van der Waals surface area contributed by atoms with Gasteiger partial charge in [0, 0.05) is 24.8 Å². The summed E-state index contributed by atoms with van der Waals surface area (Å²) in [5, 5.41) is 2.78. The molecule has 0 aliphatic heterocycles. The highest BCUT2D eigenvalue weighted by Gasteiger charge is 2.16. The number of hydrogen-bond donors (Lipinski definition) is 2. The van der Waals surface area contributed by atoms with Crippen molar-refractivity contribution >= 4 is 33.0 Å². The summed E-state index contributed by atoms with van der Waals surface area (Å²) in [4.78, 5) is 14.9. The molecule has 0 spiro atoms. The van der Waals surface area contributed by atoms with Crippen molar-refractivity contribution < 1.29 is 13.2 Å². The number of benzene rings is 3. The maximum Gasteiger partial charge on any atom is 0.261 e. The van der Waals surface area contributed by atoms with Crippen LogP contribution in [0.15, 0.2) is 83.8 Å². The zero-order chi connectivity index (χ0) is 20.9. The zero-order valence-electron chi connectivity index (χ0n) is 16.3. The average molecular weight is 410 g/mol. The maximum atomic E-state index is 12.7. The molecule has 0 atom stereocenters. The number of anilines is 3. The smallest absolute Gasteiger partial charge is 0.261 e. The van der Waals surface area contributed by atoms with Crippen LogP contribution in [-0.4, -0.2) is 27.9 Å². The fourth-order valence-corrected chi connectivity index (χ4v) is 3.83. The van der Waals surface area contributed by atoms with E-state index in [0.29, 0.717) is 16.9 Å². The van der Waals surface area contributed by atoms with Gasteiger partial charge >= 0.3 is 0 Å². The summed E-state index contributed by atoms with van der Waals surface area (Å²) in [5.74, 6) is -0.318. The maximum absolute atomic E-state index is 12.7. The first kappa shape index (κ1) is 20.4. The van der Waals surface area contributed by atoms with E-state index in [9.17, 15) is 13.2 Å². The summed E-state index contributed by atoms with van der Waals surface area (Å²) < 4.78 is 27.8. The number of carbonyl (C=O) groups is 1. The van der Waals surface area contributed by atoms with Gasteiger partial charge in [0.05, 0.1) is 16.3 Å². The Kier molecular flexibility index (Phi) is 6.19. The quantitative estimate of drug-likeness (QED) is 0.613. The third kappa shape index (κ3) is 4.94. The van der Waals surface area contributed by atoms with Crippen molar-refractivity contribution in [2.24, 2.45) is 0 Å². The second kappa shape index (κ2) is 8.79. The van der Waals surface area contributed by atoms with E-state index in [0.717, 1.165) is 12.2 Å². The van der Waals surface area contributed by atoms with Crippen LogP contribution < -0.4 is 14.9 Å². The monoisotopic (exact) mass is 409 g/mol. The van der Waals surface area contributed by atoms with Crippen LogP contribution in [0.2, 0.25) is 0 Å². The van der Waals surface area contributed by atoms with E-state index < -0.39 is 10.0 Å². The highest BCUT2D eigenvalue weighted by atomic mass is 32.2. The van der Waals surface area contributed by atoms with E-state index in [2.05, 4.69) is 14.9 Å². The van der Waals surface area contributed by atoms with Crippen LogP contribution in [0.5, 0.6) is 0 Å². The van der Waals surface area contributed by atoms with Crippen molar-refractivity contribution in [2.45, 2.75) is 11.8 Å². The topological polar surface area (TPSA) is 78.5 Å². The first-order valence-electron chi connectivity index (χ1n) is 9.20. The number of amides is 1. The minimum Gasteiger partial charge on any atom is -0.375 e. The van der Waals surface area contributed by atoms with Crippen LogP contribution in [0, 0.1) is 0 Å². The number of sulfonamides is 1. The number of carbonyl (C=O) groups excluding carboxylic acids is 1. The van der Waals surface area contributed by atoms with Crippen molar-refractivity contribution in [1.82, 2.24) is 0 Å². The third-order valence-corrected chi connectivity index (χ3v) is 5.90. The molecule has 0 bridgehead atoms. The number of nitrogens with zero attached hydrogens (tertiary/aromatic N) is 1. The summed E-state index contributed by atoms with van der Waals surface area (Å²) in [6, 6.07) is 22.0. The van der Waals surface area contributed by atoms with E-state index in [1.807, 2.05) is 26.1 Å². The predicted octanol–water partition coefficient (Wildman–Crippen LogP) is 4.20. The lowest BCUT2D eigenvalue weighted by atomic mass is 10.1. The molecule has 150 valence electrons. The molecular weight excluding hydrogens is 386 g/mol. The van der Waals surface area contributed by atoms with Crippen LogP contribution in [0.3, 0.4) is 0 Å². The van der Waals surface area contributed by atoms with E-state index in [-0.39, 0.29) is 10.8 Å². The summed E-state index contributed by atoms with van der Waals surface area (Å²) in [5.41, 5.74) is 2.18. The highest BCUT2D eigenvalue weighted by Crippen LogP contribution is 2.25. The molecule has 1 amide bonds. The Bertz CT molecular complexity index is 1080. The normalized spacial score (nSPS) is 11.0. The standard InChI is InChI=1S/C22H23N3O3S/c1-3-25(2)18-15-13-17(14-16-18)22(26)23-20-11-7-8-12-21(20)24-29(27,28)19-9-5-4-6-10-19/h4-16,24H,3H2,1-2H3,(H,23,26). The minimum absolute atomic E-state index is 0.150. The molecule has 0 radical (unpaired) electrons. The number of rotatable bonds is 7. The van der Waals surface area contributed by atoms with Gasteiger partial charge in [-0.05, 0) is 55.5 Å². The van der Waals surface area contributed by atoms with Crippen LogP contribution in [0.1, 0.15) is 17.3 Å². The lowest BCUT2D eigenvalue weighted by Crippen LogP contribution is -2.18. The van der Waals surface area contributed by atoms with Gasteiger partial charge < -0.3 is 10.2 Å². The fraction of sp³-hybridized carbons (Fsp3) is 0.136. The molecular formula is C22H23N3O3S. The van der Waals surface area contributed by atoms with Gasteiger partial charge in [0.25, 0.3) is 15.9 Å². The van der Waals surface area contributed by atoms with E-state index >= 15 is 0 Å². The fourth-order valence-electron chi connectivity index (χ4n) is 2.73. The molecule has 3 rings (SSSR count). The molecule has 3 aromatic rings. The number of hydrogen-bond acceptors (Lipinski definition) is 4. The van der Waals surface area contributed by atoms with E-state index in [4.69, 9.17) is 0 Å².